The van der Waals surface area contributed by atoms with E-state index in [2.05, 4.69) is 25.3 Å². The van der Waals surface area contributed by atoms with Crippen LogP contribution in [0.15, 0.2) is 18.7 Å². The quantitative estimate of drug-likeness (QED) is 0.584. The van der Waals surface area contributed by atoms with Crippen molar-refractivity contribution in [2.75, 3.05) is 26.0 Å². The molecule has 4 heterocycles. The number of hydrogen-bond acceptors (Lipinski definition) is 8. The van der Waals surface area contributed by atoms with Crippen LogP contribution in [0.2, 0.25) is 0 Å². The van der Waals surface area contributed by atoms with Gasteiger partial charge in [-0.05, 0) is 33.1 Å². The summed E-state index contributed by atoms with van der Waals surface area (Å²) in [7, 11) is 3.45. The van der Waals surface area contributed by atoms with Crippen molar-refractivity contribution in [3.63, 3.8) is 0 Å². The van der Waals surface area contributed by atoms with E-state index in [1.807, 2.05) is 18.4 Å². The highest BCUT2D eigenvalue weighted by Crippen LogP contribution is 2.35. The van der Waals surface area contributed by atoms with Crippen LogP contribution in [-0.4, -0.2) is 83.8 Å². The summed E-state index contributed by atoms with van der Waals surface area (Å²) in [5, 5.41) is 3.45. The van der Waals surface area contributed by atoms with Crippen molar-refractivity contribution < 1.29 is 9.59 Å². The van der Waals surface area contributed by atoms with E-state index in [1.54, 1.807) is 36.3 Å². The predicted octanol–water partition coefficient (Wildman–Crippen LogP) is 1.49. The fourth-order valence-electron chi connectivity index (χ4n) is 4.54. The van der Waals surface area contributed by atoms with Crippen LogP contribution < -0.4 is 5.32 Å². The van der Waals surface area contributed by atoms with Gasteiger partial charge in [0, 0.05) is 51.5 Å². The maximum atomic E-state index is 12.9. The third-order valence-electron chi connectivity index (χ3n) is 6.46. The van der Waals surface area contributed by atoms with Crippen molar-refractivity contribution in [2.24, 2.45) is 5.92 Å². The topological polar surface area (TPSA) is 122 Å². The molecule has 5 rings (SSSR count). The lowest BCUT2D eigenvalue weighted by Crippen LogP contribution is -2.46. The van der Waals surface area contributed by atoms with Gasteiger partial charge in [-0.2, -0.15) is 0 Å². The molecule has 1 aliphatic heterocycles. The molecule has 2 aliphatic rings. The maximum absolute atomic E-state index is 12.9. The molecular formula is C23H29N9O2. The van der Waals surface area contributed by atoms with Gasteiger partial charge in [0.1, 0.15) is 24.0 Å². The van der Waals surface area contributed by atoms with Crippen LogP contribution in [-0.2, 0) is 16.1 Å². The van der Waals surface area contributed by atoms with Crippen LogP contribution in [0.1, 0.15) is 32.0 Å². The van der Waals surface area contributed by atoms with Crippen LogP contribution in [0.4, 0.5) is 5.82 Å². The van der Waals surface area contributed by atoms with Crippen molar-refractivity contribution in [3.05, 3.63) is 24.5 Å². The largest absolute Gasteiger partial charge is 0.363 e. The molecule has 1 saturated heterocycles. The lowest BCUT2D eigenvalue weighted by atomic mass is 10.1. The number of amides is 2. The van der Waals surface area contributed by atoms with Gasteiger partial charge in [0.05, 0.1) is 5.56 Å². The standard InChI is InChI=1S/C23H29N9O2/c1-5-31-20(15-9-24-13(2)25-10-15)29-18-19(26-12-27-21(18)31)28-16-8-17(23(34)30(3)4)32(11-16)22(33)14-6-7-14/h9-10,12,14,16-17H,5-8,11H2,1-4H3,(H,26,27,28)/t16-,17+/m0/s1. The molecule has 11 nitrogen and oxygen atoms in total. The number of aryl methyl sites for hydroxylation is 2. The fourth-order valence-corrected chi connectivity index (χ4v) is 4.54. The number of carbonyl (C=O) groups is 2. The predicted molar refractivity (Wildman–Crippen MR) is 126 cm³/mol. The molecule has 2 fully saturated rings. The molecule has 3 aromatic heterocycles. The molecule has 1 N–H and O–H groups in total. The van der Waals surface area contributed by atoms with E-state index in [-0.39, 0.29) is 23.8 Å². The molecule has 0 aromatic carbocycles. The van der Waals surface area contributed by atoms with Crippen LogP contribution >= 0.6 is 0 Å². The number of hydrogen-bond donors (Lipinski definition) is 1. The summed E-state index contributed by atoms with van der Waals surface area (Å²) in [4.78, 5) is 51.4. The summed E-state index contributed by atoms with van der Waals surface area (Å²) in [5.41, 5.74) is 2.15. The molecule has 0 bridgehead atoms. The van der Waals surface area contributed by atoms with Gasteiger partial charge in [-0.15, -0.1) is 0 Å². The van der Waals surface area contributed by atoms with Gasteiger partial charge >= 0.3 is 0 Å². The van der Waals surface area contributed by atoms with E-state index in [0.29, 0.717) is 42.3 Å². The summed E-state index contributed by atoms with van der Waals surface area (Å²) in [5.74, 6) is 2.09. The molecule has 0 unspecified atom stereocenters. The van der Waals surface area contributed by atoms with Crippen LogP contribution in [0.25, 0.3) is 22.6 Å². The van der Waals surface area contributed by atoms with Gasteiger partial charge in [0.2, 0.25) is 11.8 Å². The monoisotopic (exact) mass is 463 g/mol. The Morgan fingerprint density at radius 3 is 2.53 bits per heavy atom. The van der Waals surface area contributed by atoms with E-state index >= 15 is 0 Å². The normalized spacial score (nSPS) is 20.1. The first kappa shape index (κ1) is 22.2. The van der Waals surface area contributed by atoms with E-state index in [4.69, 9.17) is 4.98 Å². The fraction of sp³-hybridized carbons (Fsp3) is 0.522. The Morgan fingerprint density at radius 1 is 1.15 bits per heavy atom. The third kappa shape index (κ3) is 3.95. The number of likely N-dealkylation sites (tertiary alicyclic amines) is 1. The summed E-state index contributed by atoms with van der Waals surface area (Å²) >= 11 is 0. The zero-order valence-electron chi connectivity index (χ0n) is 19.9. The van der Waals surface area contributed by atoms with Crippen LogP contribution in [0.5, 0.6) is 0 Å². The molecule has 2 atom stereocenters. The second-order valence-electron chi connectivity index (χ2n) is 9.18. The molecule has 0 radical (unpaired) electrons. The first-order chi connectivity index (χ1) is 16.4. The Bertz CT molecular complexity index is 1210. The Labute approximate surface area is 197 Å². The lowest BCUT2D eigenvalue weighted by molar-refractivity contribution is -0.143. The average molecular weight is 464 g/mol. The second kappa shape index (κ2) is 8.62. The van der Waals surface area contributed by atoms with E-state index < -0.39 is 6.04 Å². The molecule has 0 spiro atoms. The van der Waals surface area contributed by atoms with E-state index in [0.717, 1.165) is 24.2 Å². The highest BCUT2D eigenvalue weighted by atomic mass is 16.2. The van der Waals surface area contributed by atoms with Gasteiger partial charge in [0.25, 0.3) is 0 Å². The van der Waals surface area contributed by atoms with Crippen molar-refractivity contribution in [2.45, 2.75) is 51.7 Å². The Hall–Kier alpha value is -3.63. The van der Waals surface area contributed by atoms with Crippen molar-refractivity contribution in [1.82, 2.24) is 39.3 Å². The minimum absolute atomic E-state index is 0.0527. The number of nitrogens with one attached hydrogen (secondary N) is 1. The van der Waals surface area contributed by atoms with Gasteiger partial charge in [0.15, 0.2) is 17.0 Å². The third-order valence-corrected chi connectivity index (χ3v) is 6.46. The molecule has 1 aliphatic carbocycles. The summed E-state index contributed by atoms with van der Waals surface area (Å²) < 4.78 is 2.01. The summed E-state index contributed by atoms with van der Waals surface area (Å²) in [6, 6.07) is -0.584. The number of rotatable bonds is 6. The average Bonchev–Trinajstić information content (AvgIpc) is 3.49. The van der Waals surface area contributed by atoms with Crippen molar-refractivity contribution in [1.29, 1.82) is 0 Å². The Balaban J connectivity index is 1.46. The highest BCUT2D eigenvalue weighted by Gasteiger charge is 2.44. The Kier molecular flexibility index (Phi) is 5.62. The van der Waals surface area contributed by atoms with Gasteiger partial charge < -0.3 is 19.7 Å². The molecule has 178 valence electrons. The number of anilines is 1. The molecule has 11 heteroatoms. The molecule has 34 heavy (non-hydrogen) atoms. The molecule has 1 saturated carbocycles. The van der Waals surface area contributed by atoms with Gasteiger partial charge in [-0.3, -0.25) is 9.59 Å². The Morgan fingerprint density at radius 2 is 1.88 bits per heavy atom. The number of carbonyl (C=O) groups excluding carboxylic acids is 2. The van der Waals surface area contributed by atoms with Gasteiger partial charge in [-0.1, -0.05) is 0 Å². The highest BCUT2D eigenvalue weighted by molar-refractivity contribution is 5.90. The summed E-state index contributed by atoms with van der Waals surface area (Å²) in [6.45, 7) is 5.00. The number of aromatic nitrogens is 6. The molecular weight excluding hydrogens is 434 g/mol. The van der Waals surface area contributed by atoms with Crippen molar-refractivity contribution in [3.8, 4) is 11.4 Å². The molecule has 2 amide bonds. The minimum atomic E-state index is -0.466. The first-order valence-corrected chi connectivity index (χ1v) is 11.7. The van der Waals surface area contributed by atoms with Crippen LogP contribution in [0.3, 0.4) is 0 Å². The second-order valence-corrected chi connectivity index (χ2v) is 9.18. The van der Waals surface area contributed by atoms with E-state index in [9.17, 15) is 9.59 Å². The first-order valence-electron chi connectivity index (χ1n) is 11.7. The number of nitrogens with zero attached hydrogens (tertiary/aromatic N) is 8. The van der Waals surface area contributed by atoms with Crippen LogP contribution in [0, 0.1) is 12.8 Å². The van der Waals surface area contributed by atoms with E-state index in [1.165, 1.54) is 6.33 Å². The smallest absolute Gasteiger partial charge is 0.244 e. The zero-order valence-corrected chi connectivity index (χ0v) is 19.9. The minimum Gasteiger partial charge on any atom is -0.363 e. The van der Waals surface area contributed by atoms with Crippen molar-refractivity contribution >= 4 is 28.8 Å². The number of imidazole rings is 1. The summed E-state index contributed by atoms with van der Waals surface area (Å²) in [6.07, 6.45) is 7.36. The SMILES string of the molecule is CCn1c(-c2cnc(C)nc2)nc2c(N[C@H]3C[C@H](C(=O)N(C)C)N(C(=O)C4CC4)C3)ncnc21. The van der Waals surface area contributed by atoms with Gasteiger partial charge in [-0.25, -0.2) is 24.9 Å². The zero-order chi connectivity index (χ0) is 24.0. The number of likely N-dealkylation sites (N-methyl/N-ethyl adjacent to an activating group) is 1. The number of fused-ring (bicyclic) bond motifs is 1. The molecule has 3 aromatic rings. The lowest BCUT2D eigenvalue weighted by Gasteiger charge is -2.26. The maximum Gasteiger partial charge on any atom is 0.244 e.